The Balaban J connectivity index is 1.43. The molecule has 2 N–H and O–H groups in total. The second-order valence-electron chi connectivity index (χ2n) is 9.23. The molecule has 1 atom stereocenters. The molecule has 4 bridgehead atoms. The van der Waals surface area contributed by atoms with Crippen molar-refractivity contribution in [1.82, 2.24) is 10.6 Å². The summed E-state index contributed by atoms with van der Waals surface area (Å²) in [4.78, 5) is 12.8. The van der Waals surface area contributed by atoms with Crippen molar-refractivity contribution < 1.29 is 9.53 Å². The molecule has 0 heterocycles. The van der Waals surface area contributed by atoms with E-state index in [9.17, 15) is 4.79 Å². The molecule has 152 valence electrons. The van der Waals surface area contributed by atoms with Gasteiger partial charge in [-0.2, -0.15) is 0 Å². The third kappa shape index (κ3) is 3.70. The fraction of sp³-hybridized carbons (Fsp3) is 0.636. The zero-order valence-corrected chi connectivity index (χ0v) is 19.2. The molecule has 1 amide bonds. The third-order valence-corrected chi connectivity index (χ3v) is 7.94. The van der Waals surface area contributed by atoms with E-state index in [0.29, 0.717) is 21.8 Å². The van der Waals surface area contributed by atoms with Crippen LogP contribution in [0.3, 0.4) is 0 Å². The lowest BCUT2D eigenvalue weighted by Gasteiger charge is -2.59. The number of amides is 1. The van der Waals surface area contributed by atoms with Crippen molar-refractivity contribution in [3.63, 3.8) is 0 Å². The minimum absolute atomic E-state index is 0.239. The molecular formula is C22H29BrN2O2S. The van der Waals surface area contributed by atoms with Gasteiger partial charge in [0, 0.05) is 10.5 Å². The molecule has 0 aliphatic heterocycles. The van der Waals surface area contributed by atoms with E-state index in [-0.39, 0.29) is 11.9 Å². The molecule has 1 aromatic carbocycles. The van der Waals surface area contributed by atoms with Gasteiger partial charge in [0.05, 0.1) is 12.7 Å². The lowest BCUT2D eigenvalue weighted by molar-refractivity contribution is -0.0672. The number of hydrogen-bond donors (Lipinski definition) is 2. The standard InChI is InChI=1S/C22H29BrN2O2S/c1-12-4-17(23)8-18(19(12)27-3)20(26)25-21(28)24-13(2)22-9-14-5-15(10-22)7-16(6-14)11-22/h4,8,13-16H,5-7,9-11H2,1-3H3,(H2,24,25,26,28)/t13-,14?,15?,16?,22?/m0/s1. The van der Waals surface area contributed by atoms with Gasteiger partial charge in [-0.15, -0.1) is 0 Å². The second kappa shape index (κ2) is 7.60. The van der Waals surface area contributed by atoms with Crippen LogP contribution in [0.4, 0.5) is 0 Å². The van der Waals surface area contributed by atoms with Crippen LogP contribution >= 0.6 is 28.1 Å². The number of rotatable bonds is 4. The molecule has 0 radical (unpaired) electrons. The molecule has 0 saturated heterocycles. The first-order valence-corrected chi connectivity index (χ1v) is 11.5. The molecular weight excluding hydrogens is 436 g/mol. The predicted octanol–water partition coefficient (Wildman–Crippen LogP) is 4.98. The summed E-state index contributed by atoms with van der Waals surface area (Å²) in [5, 5.41) is 6.73. The second-order valence-corrected chi connectivity index (χ2v) is 10.6. The number of carbonyl (C=O) groups excluding carboxylic acids is 1. The van der Waals surface area contributed by atoms with Crippen molar-refractivity contribution in [2.45, 2.75) is 58.4 Å². The van der Waals surface area contributed by atoms with Crippen LogP contribution in [0.2, 0.25) is 0 Å². The lowest BCUT2D eigenvalue weighted by Crippen LogP contribution is -2.57. The van der Waals surface area contributed by atoms with E-state index in [1.54, 1.807) is 13.2 Å². The highest BCUT2D eigenvalue weighted by molar-refractivity contribution is 9.10. The molecule has 4 saturated carbocycles. The summed E-state index contributed by atoms with van der Waals surface area (Å²) in [6.45, 7) is 4.17. The highest BCUT2D eigenvalue weighted by Gasteiger charge is 2.53. The van der Waals surface area contributed by atoms with Crippen molar-refractivity contribution >= 4 is 39.2 Å². The Morgan fingerprint density at radius 2 is 1.79 bits per heavy atom. The van der Waals surface area contributed by atoms with E-state index in [1.165, 1.54) is 38.5 Å². The summed E-state index contributed by atoms with van der Waals surface area (Å²) >= 11 is 8.97. The van der Waals surface area contributed by atoms with Gasteiger partial charge in [-0.3, -0.25) is 10.1 Å². The third-order valence-electron chi connectivity index (χ3n) is 7.27. The van der Waals surface area contributed by atoms with Gasteiger partial charge in [-0.1, -0.05) is 15.9 Å². The molecule has 0 unspecified atom stereocenters. The number of benzene rings is 1. The number of carbonyl (C=O) groups is 1. The van der Waals surface area contributed by atoms with E-state index in [2.05, 4.69) is 33.5 Å². The van der Waals surface area contributed by atoms with Crippen molar-refractivity contribution in [3.05, 3.63) is 27.7 Å². The zero-order valence-electron chi connectivity index (χ0n) is 16.8. The monoisotopic (exact) mass is 464 g/mol. The quantitative estimate of drug-likeness (QED) is 0.617. The SMILES string of the molecule is COc1c(C)cc(Br)cc1C(=O)NC(=S)N[C@@H](C)C12CC3CC(CC(C3)C1)C2. The normalized spacial score (nSPS) is 31.4. The zero-order chi connectivity index (χ0) is 20.1. The molecule has 0 spiro atoms. The number of halogens is 1. The molecule has 4 aliphatic carbocycles. The molecule has 1 aromatic rings. The minimum Gasteiger partial charge on any atom is -0.496 e. The number of ether oxygens (including phenoxy) is 1. The van der Waals surface area contributed by atoms with Crippen molar-refractivity contribution in [2.75, 3.05) is 7.11 Å². The van der Waals surface area contributed by atoms with Crippen LogP contribution in [-0.2, 0) is 0 Å². The Morgan fingerprint density at radius 1 is 1.21 bits per heavy atom. The van der Waals surface area contributed by atoms with E-state index in [1.807, 2.05) is 13.0 Å². The Hall–Kier alpha value is -1.14. The maximum Gasteiger partial charge on any atom is 0.261 e. The summed E-state index contributed by atoms with van der Waals surface area (Å²) < 4.78 is 6.28. The van der Waals surface area contributed by atoms with Crippen molar-refractivity contribution in [2.24, 2.45) is 23.2 Å². The van der Waals surface area contributed by atoms with E-state index in [4.69, 9.17) is 17.0 Å². The average Bonchev–Trinajstić information content (AvgIpc) is 2.59. The van der Waals surface area contributed by atoms with E-state index < -0.39 is 0 Å². The van der Waals surface area contributed by atoms with Gasteiger partial charge in [0.15, 0.2) is 5.11 Å². The number of thiocarbonyl (C=S) groups is 1. The largest absolute Gasteiger partial charge is 0.496 e. The van der Waals surface area contributed by atoms with E-state index >= 15 is 0 Å². The first-order valence-electron chi connectivity index (χ1n) is 10.3. The first-order chi connectivity index (χ1) is 13.3. The van der Waals surface area contributed by atoms with Gasteiger partial charge in [-0.25, -0.2) is 0 Å². The molecule has 4 nitrogen and oxygen atoms in total. The number of hydrogen-bond acceptors (Lipinski definition) is 3. The van der Waals surface area contributed by atoms with Crippen LogP contribution in [-0.4, -0.2) is 24.2 Å². The highest BCUT2D eigenvalue weighted by atomic mass is 79.9. The summed E-state index contributed by atoms with van der Waals surface area (Å²) in [6, 6.07) is 3.98. The molecule has 4 aliphatic rings. The lowest BCUT2D eigenvalue weighted by atomic mass is 9.48. The Bertz CT molecular complexity index is 775. The van der Waals surface area contributed by atoms with Crippen LogP contribution in [0.5, 0.6) is 5.75 Å². The highest BCUT2D eigenvalue weighted by Crippen LogP contribution is 2.61. The van der Waals surface area contributed by atoms with Crippen LogP contribution < -0.4 is 15.4 Å². The smallest absolute Gasteiger partial charge is 0.261 e. The summed E-state index contributed by atoms with van der Waals surface area (Å²) in [7, 11) is 1.58. The van der Waals surface area contributed by atoms with Gasteiger partial charge < -0.3 is 10.1 Å². The molecule has 6 heteroatoms. The maximum absolute atomic E-state index is 12.8. The van der Waals surface area contributed by atoms with Crippen LogP contribution in [0.1, 0.15) is 61.4 Å². The van der Waals surface area contributed by atoms with E-state index in [0.717, 1.165) is 27.8 Å². The van der Waals surface area contributed by atoms with Crippen LogP contribution in [0.15, 0.2) is 16.6 Å². The average molecular weight is 465 g/mol. The topological polar surface area (TPSA) is 50.4 Å². The molecule has 5 rings (SSSR count). The Labute approximate surface area is 181 Å². The Morgan fingerprint density at radius 3 is 2.32 bits per heavy atom. The number of aryl methyl sites for hydroxylation is 1. The summed E-state index contributed by atoms with van der Waals surface area (Å²) in [5.74, 6) is 3.03. The first kappa shape index (κ1) is 20.1. The summed E-state index contributed by atoms with van der Waals surface area (Å²) in [5.41, 5.74) is 1.73. The van der Waals surface area contributed by atoms with Crippen LogP contribution in [0.25, 0.3) is 0 Å². The summed E-state index contributed by atoms with van der Waals surface area (Å²) in [6.07, 6.45) is 8.20. The Kier molecular flexibility index (Phi) is 5.47. The van der Waals surface area contributed by atoms with Gasteiger partial charge in [-0.05, 0) is 105 Å². The number of methoxy groups -OCH3 is 1. The van der Waals surface area contributed by atoms with Gasteiger partial charge in [0.1, 0.15) is 5.75 Å². The minimum atomic E-state index is -0.239. The van der Waals surface area contributed by atoms with Crippen molar-refractivity contribution in [3.8, 4) is 5.75 Å². The molecule has 28 heavy (non-hydrogen) atoms. The predicted molar refractivity (Wildman–Crippen MR) is 119 cm³/mol. The van der Waals surface area contributed by atoms with Gasteiger partial charge in [0.25, 0.3) is 5.91 Å². The van der Waals surface area contributed by atoms with Gasteiger partial charge >= 0.3 is 0 Å². The number of nitrogens with one attached hydrogen (secondary N) is 2. The maximum atomic E-state index is 12.8. The fourth-order valence-electron chi connectivity index (χ4n) is 6.43. The fourth-order valence-corrected chi connectivity index (χ4v) is 7.28. The van der Waals surface area contributed by atoms with Crippen LogP contribution in [0, 0.1) is 30.1 Å². The molecule has 4 fully saturated rings. The van der Waals surface area contributed by atoms with Gasteiger partial charge in [0.2, 0.25) is 0 Å². The van der Waals surface area contributed by atoms with Crippen molar-refractivity contribution in [1.29, 1.82) is 0 Å². The molecule has 0 aromatic heterocycles.